The van der Waals surface area contributed by atoms with E-state index in [1.807, 2.05) is 19.9 Å². The zero-order valence-corrected chi connectivity index (χ0v) is 12.4. The Bertz CT molecular complexity index is 741. The number of anilines is 1. The predicted molar refractivity (Wildman–Crippen MR) is 76.4 cm³/mol. The van der Waals surface area contributed by atoms with Gasteiger partial charge in [0.05, 0.1) is 17.8 Å². The standard InChI is InChI=1S/C13H10ClN3O2S/c1-6-3-7(2)10-8(4-6)11(18)13(19)17(10)5-9-12(14)20-16-15-9/h3-4H,5H2,1-2H3. The van der Waals surface area contributed by atoms with Crippen LogP contribution in [-0.2, 0) is 11.3 Å². The van der Waals surface area contributed by atoms with E-state index in [1.54, 1.807) is 6.07 Å². The largest absolute Gasteiger partial charge is 0.299 e. The minimum Gasteiger partial charge on any atom is -0.298 e. The molecule has 1 aliphatic heterocycles. The minimum absolute atomic E-state index is 0.163. The van der Waals surface area contributed by atoms with E-state index in [0.717, 1.165) is 22.7 Å². The molecule has 102 valence electrons. The lowest BCUT2D eigenvalue weighted by atomic mass is 10.0. The Balaban J connectivity index is 2.09. The van der Waals surface area contributed by atoms with Gasteiger partial charge in [-0.05, 0) is 31.0 Å². The molecule has 3 rings (SSSR count). The van der Waals surface area contributed by atoms with Gasteiger partial charge in [-0.2, -0.15) is 0 Å². The van der Waals surface area contributed by atoms with E-state index >= 15 is 0 Å². The molecule has 1 aromatic heterocycles. The molecule has 2 aromatic rings. The Kier molecular flexibility index (Phi) is 3.07. The lowest BCUT2D eigenvalue weighted by molar-refractivity contribution is -0.114. The third kappa shape index (κ3) is 1.92. The van der Waals surface area contributed by atoms with E-state index in [4.69, 9.17) is 11.6 Å². The average molecular weight is 308 g/mol. The Labute approximate surface area is 124 Å². The van der Waals surface area contributed by atoms with E-state index in [0.29, 0.717) is 21.3 Å². The Morgan fingerprint density at radius 1 is 1.30 bits per heavy atom. The SMILES string of the molecule is Cc1cc(C)c2c(c1)C(=O)C(=O)N2Cc1nnsc1Cl. The molecule has 0 fully saturated rings. The lowest BCUT2D eigenvalue weighted by Crippen LogP contribution is -2.29. The van der Waals surface area contributed by atoms with Crippen molar-refractivity contribution in [3.63, 3.8) is 0 Å². The summed E-state index contributed by atoms with van der Waals surface area (Å²) in [7, 11) is 0. The highest BCUT2D eigenvalue weighted by Gasteiger charge is 2.37. The molecular weight excluding hydrogens is 298 g/mol. The zero-order valence-electron chi connectivity index (χ0n) is 10.8. The number of fused-ring (bicyclic) bond motifs is 1. The average Bonchev–Trinajstić information content (AvgIpc) is 2.88. The number of carbonyl (C=O) groups is 2. The van der Waals surface area contributed by atoms with Crippen molar-refractivity contribution in [2.75, 3.05) is 4.90 Å². The quantitative estimate of drug-likeness (QED) is 0.800. The van der Waals surface area contributed by atoms with E-state index < -0.39 is 11.7 Å². The van der Waals surface area contributed by atoms with Gasteiger partial charge in [0, 0.05) is 11.5 Å². The number of aryl methyl sites for hydroxylation is 2. The highest BCUT2D eigenvalue weighted by Crippen LogP contribution is 2.35. The molecular formula is C13H10ClN3O2S. The van der Waals surface area contributed by atoms with Crippen LogP contribution in [0.1, 0.15) is 27.2 Å². The van der Waals surface area contributed by atoms with Crippen LogP contribution in [0.15, 0.2) is 12.1 Å². The van der Waals surface area contributed by atoms with Crippen LogP contribution >= 0.6 is 23.1 Å². The Morgan fingerprint density at radius 2 is 2.05 bits per heavy atom. The number of carbonyl (C=O) groups excluding carboxylic acids is 2. The third-order valence-electron chi connectivity index (χ3n) is 3.22. The summed E-state index contributed by atoms with van der Waals surface area (Å²) < 4.78 is 4.17. The van der Waals surface area contributed by atoms with Crippen LogP contribution in [-0.4, -0.2) is 21.3 Å². The van der Waals surface area contributed by atoms with E-state index in [2.05, 4.69) is 9.59 Å². The van der Waals surface area contributed by atoms with Crippen molar-refractivity contribution in [2.24, 2.45) is 0 Å². The number of hydrogen-bond donors (Lipinski definition) is 0. The van der Waals surface area contributed by atoms with E-state index in [9.17, 15) is 9.59 Å². The first kappa shape index (κ1) is 13.2. The molecule has 0 aliphatic carbocycles. The molecule has 0 unspecified atom stereocenters. The number of Topliss-reactive ketones (excluding diaryl/α,β-unsaturated/α-hetero) is 1. The molecule has 1 amide bonds. The number of nitrogens with zero attached hydrogens (tertiary/aromatic N) is 3. The van der Waals surface area contributed by atoms with Gasteiger partial charge < -0.3 is 0 Å². The lowest BCUT2D eigenvalue weighted by Gasteiger charge is -2.17. The van der Waals surface area contributed by atoms with Crippen LogP contribution in [0.3, 0.4) is 0 Å². The number of hydrogen-bond acceptors (Lipinski definition) is 5. The summed E-state index contributed by atoms with van der Waals surface area (Å²) in [5, 5.41) is 3.89. The number of rotatable bonds is 2. The second kappa shape index (κ2) is 4.64. The van der Waals surface area contributed by atoms with Crippen molar-refractivity contribution in [2.45, 2.75) is 20.4 Å². The van der Waals surface area contributed by atoms with Gasteiger partial charge in [-0.25, -0.2) is 0 Å². The van der Waals surface area contributed by atoms with E-state index in [1.165, 1.54) is 4.90 Å². The van der Waals surface area contributed by atoms with Gasteiger partial charge in [0.2, 0.25) is 0 Å². The summed E-state index contributed by atoms with van der Waals surface area (Å²) in [5.74, 6) is -1.02. The number of benzene rings is 1. The monoisotopic (exact) mass is 307 g/mol. The molecule has 0 spiro atoms. The Morgan fingerprint density at radius 3 is 2.70 bits per heavy atom. The summed E-state index contributed by atoms with van der Waals surface area (Å²) in [4.78, 5) is 25.6. The van der Waals surface area contributed by atoms with Crippen LogP contribution in [0, 0.1) is 13.8 Å². The van der Waals surface area contributed by atoms with Gasteiger partial charge in [-0.1, -0.05) is 22.2 Å². The molecule has 0 radical (unpaired) electrons. The first-order valence-electron chi connectivity index (χ1n) is 5.93. The number of ketones is 1. The van der Waals surface area contributed by atoms with Gasteiger partial charge >= 0.3 is 0 Å². The summed E-state index contributed by atoms with van der Waals surface area (Å²) in [5.41, 5.74) is 3.45. The molecule has 0 atom stereocenters. The molecule has 0 bridgehead atoms. The van der Waals surface area contributed by atoms with Gasteiger partial charge in [0.15, 0.2) is 0 Å². The van der Waals surface area contributed by atoms with Gasteiger partial charge in [0.1, 0.15) is 10.0 Å². The summed E-state index contributed by atoms with van der Waals surface area (Å²) >= 11 is 7.02. The van der Waals surface area contributed by atoms with Crippen molar-refractivity contribution in [1.29, 1.82) is 0 Å². The molecule has 0 saturated heterocycles. The number of halogens is 1. The molecule has 7 heteroatoms. The fraction of sp³-hybridized carbons (Fsp3) is 0.231. The second-order valence-electron chi connectivity index (χ2n) is 4.69. The molecule has 5 nitrogen and oxygen atoms in total. The third-order valence-corrected chi connectivity index (χ3v) is 4.20. The molecule has 0 N–H and O–H groups in total. The summed E-state index contributed by atoms with van der Waals surface area (Å²) in [6, 6.07) is 3.68. The van der Waals surface area contributed by atoms with Gasteiger partial charge in [-0.15, -0.1) is 5.10 Å². The smallest absolute Gasteiger partial charge is 0.298 e. The molecule has 2 heterocycles. The highest BCUT2D eigenvalue weighted by molar-refractivity contribution is 7.10. The maximum atomic E-state index is 12.2. The van der Waals surface area contributed by atoms with Crippen molar-refractivity contribution >= 4 is 40.5 Å². The maximum absolute atomic E-state index is 12.2. The normalized spacial score (nSPS) is 14.1. The summed E-state index contributed by atoms with van der Waals surface area (Å²) in [6.07, 6.45) is 0. The van der Waals surface area contributed by atoms with Crippen LogP contribution in [0.4, 0.5) is 5.69 Å². The van der Waals surface area contributed by atoms with Crippen LogP contribution in [0.5, 0.6) is 0 Å². The minimum atomic E-state index is -0.544. The topological polar surface area (TPSA) is 63.2 Å². The molecule has 1 aromatic carbocycles. The molecule has 1 aliphatic rings. The van der Waals surface area contributed by atoms with E-state index in [-0.39, 0.29) is 6.54 Å². The highest BCUT2D eigenvalue weighted by atomic mass is 35.5. The van der Waals surface area contributed by atoms with Crippen molar-refractivity contribution < 1.29 is 9.59 Å². The van der Waals surface area contributed by atoms with Crippen molar-refractivity contribution in [3.8, 4) is 0 Å². The van der Waals surface area contributed by atoms with Crippen molar-refractivity contribution in [3.05, 3.63) is 38.9 Å². The first-order chi connectivity index (χ1) is 9.49. The van der Waals surface area contributed by atoms with Crippen LogP contribution in [0.2, 0.25) is 4.34 Å². The maximum Gasteiger partial charge on any atom is 0.299 e. The first-order valence-corrected chi connectivity index (χ1v) is 7.08. The van der Waals surface area contributed by atoms with Gasteiger partial charge in [-0.3, -0.25) is 14.5 Å². The van der Waals surface area contributed by atoms with Crippen molar-refractivity contribution in [1.82, 2.24) is 9.59 Å². The fourth-order valence-electron chi connectivity index (χ4n) is 2.42. The zero-order chi connectivity index (χ0) is 14.4. The molecule has 0 saturated carbocycles. The van der Waals surface area contributed by atoms with Crippen LogP contribution < -0.4 is 4.90 Å². The second-order valence-corrected chi connectivity index (χ2v) is 6.05. The molecule has 20 heavy (non-hydrogen) atoms. The van der Waals surface area contributed by atoms with Crippen LogP contribution in [0.25, 0.3) is 0 Å². The number of aromatic nitrogens is 2. The fourth-order valence-corrected chi connectivity index (χ4v) is 3.03. The summed E-state index contributed by atoms with van der Waals surface area (Å²) in [6.45, 7) is 3.94. The Hall–Kier alpha value is -1.79. The predicted octanol–water partition coefficient (Wildman–Crippen LogP) is 2.54. The number of amides is 1. The van der Waals surface area contributed by atoms with Gasteiger partial charge in [0.25, 0.3) is 11.7 Å².